The summed E-state index contributed by atoms with van der Waals surface area (Å²) < 4.78 is 0. The molecule has 2 rings (SSSR count). The summed E-state index contributed by atoms with van der Waals surface area (Å²) in [5.74, 6) is 0. The van der Waals surface area contributed by atoms with E-state index in [1.807, 2.05) is 13.1 Å². The number of anilines is 1. The van der Waals surface area contributed by atoms with Gasteiger partial charge < -0.3 is 10.6 Å². The first-order chi connectivity index (χ1) is 8.99. The van der Waals surface area contributed by atoms with Crippen molar-refractivity contribution in [2.45, 2.75) is 39.3 Å². The van der Waals surface area contributed by atoms with E-state index in [4.69, 9.17) is 5.73 Å². The van der Waals surface area contributed by atoms with Crippen LogP contribution in [0.3, 0.4) is 0 Å². The van der Waals surface area contributed by atoms with Crippen LogP contribution in [0, 0.1) is 13.8 Å². The molecule has 1 unspecified atom stereocenters. The zero-order valence-corrected chi connectivity index (χ0v) is 12.6. The second-order valence-electron chi connectivity index (χ2n) is 5.90. The SMILES string of the molecule is Cc1cnc(CN(C)C2CCCN(C)C2)c(C)c1N. The molecule has 4 heteroatoms. The molecule has 1 atom stereocenters. The topological polar surface area (TPSA) is 45.4 Å². The molecule has 1 aliphatic heterocycles. The summed E-state index contributed by atoms with van der Waals surface area (Å²) in [5, 5.41) is 0. The monoisotopic (exact) mass is 262 g/mol. The summed E-state index contributed by atoms with van der Waals surface area (Å²) in [7, 11) is 4.40. The lowest BCUT2D eigenvalue weighted by Gasteiger charge is -2.36. The number of aryl methyl sites for hydroxylation is 1. The van der Waals surface area contributed by atoms with E-state index in [-0.39, 0.29) is 0 Å². The van der Waals surface area contributed by atoms with E-state index in [1.54, 1.807) is 0 Å². The molecule has 19 heavy (non-hydrogen) atoms. The average Bonchev–Trinajstić information content (AvgIpc) is 2.39. The maximum atomic E-state index is 6.09. The molecule has 0 radical (unpaired) electrons. The number of nitrogens with two attached hydrogens (primary N) is 1. The zero-order chi connectivity index (χ0) is 14.0. The van der Waals surface area contributed by atoms with Crippen LogP contribution in [-0.4, -0.2) is 48.0 Å². The van der Waals surface area contributed by atoms with Crippen molar-refractivity contribution >= 4 is 5.69 Å². The number of likely N-dealkylation sites (tertiary alicyclic amines) is 1. The number of aromatic nitrogens is 1. The molecule has 1 aromatic heterocycles. The van der Waals surface area contributed by atoms with Gasteiger partial charge in [0.15, 0.2) is 0 Å². The number of nitrogen functional groups attached to an aromatic ring is 1. The van der Waals surface area contributed by atoms with E-state index in [9.17, 15) is 0 Å². The van der Waals surface area contributed by atoms with Gasteiger partial charge in [0.1, 0.15) is 0 Å². The van der Waals surface area contributed by atoms with E-state index in [0.29, 0.717) is 6.04 Å². The molecule has 106 valence electrons. The predicted octanol–water partition coefficient (Wildman–Crippen LogP) is 1.81. The van der Waals surface area contributed by atoms with Crippen LogP contribution in [-0.2, 0) is 6.54 Å². The van der Waals surface area contributed by atoms with Gasteiger partial charge in [-0.2, -0.15) is 0 Å². The molecular formula is C15H26N4. The van der Waals surface area contributed by atoms with Gasteiger partial charge in [0.05, 0.1) is 5.69 Å². The maximum Gasteiger partial charge on any atom is 0.0593 e. The number of likely N-dealkylation sites (N-methyl/N-ethyl adjacent to an activating group) is 2. The largest absolute Gasteiger partial charge is 0.398 e. The quantitative estimate of drug-likeness (QED) is 0.902. The third-order valence-corrected chi connectivity index (χ3v) is 4.30. The lowest BCUT2D eigenvalue weighted by Crippen LogP contribution is -2.44. The van der Waals surface area contributed by atoms with Crippen LogP contribution in [0.15, 0.2) is 6.20 Å². The summed E-state index contributed by atoms with van der Waals surface area (Å²) in [6.07, 6.45) is 4.45. The maximum absolute atomic E-state index is 6.09. The van der Waals surface area contributed by atoms with E-state index in [1.165, 1.54) is 19.4 Å². The summed E-state index contributed by atoms with van der Waals surface area (Å²) >= 11 is 0. The molecule has 4 nitrogen and oxygen atoms in total. The smallest absolute Gasteiger partial charge is 0.0593 e. The van der Waals surface area contributed by atoms with Crippen LogP contribution in [0.5, 0.6) is 0 Å². The Hall–Kier alpha value is -1.13. The minimum Gasteiger partial charge on any atom is -0.398 e. The molecule has 2 heterocycles. The molecule has 1 aliphatic rings. The average molecular weight is 262 g/mol. The number of hydrogen-bond donors (Lipinski definition) is 1. The molecule has 0 amide bonds. The van der Waals surface area contributed by atoms with Gasteiger partial charge in [-0.25, -0.2) is 0 Å². The molecule has 0 bridgehead atoms. The first kappa shape index (κ1) is 14.3. The highest BCUT2D eigenvalue weighted by molar-refractivity contribution is 5.53. The second kappa shape index (κ2) is 5.88. The van der Waals surface area contributed by atoms with Gasteiger partial charge in [0.2, 0.25) is 0 Å². The van der Waals surface area contributed by atoms with E-state index < -0.39 is 0 Å². The molecule has 0 saturated carbocycles. The zero-order valence-electron chi connectivity index (χ0n) is 12.6. The molecule has 1 fully saturated rings. The van der Waals surface area contributed by atoms with Gasteiger partial charge >= 0.3 is 0 Å². The van der Waals surface area contributed by atoms with Gasteiger partial charge in [0, 0.05) is 31.0 Å². The normalized spacial score (nSPS) is 21.0. The Morgan fingerprint density at radius 2 is 2.21 bits per heavy atom. The minimum atomic E-state index is 0.627. The Labute approximate surface area is 116 Å². The van der Waals surface area contributed by atoms with Gasteiger partial charge in [-0.05, 0) is 58.5 Å². The third kappa shape index (κ3) is 3.25. The van der Waals surface area contributed by atoms with Crippen LogP contribution >= 0.6 is 0 Å². The van der Waals surface area contributed by atoms with Gasteiger partial charge in [-0.3, -0.25) is 9.88 Å². The molecule has 1 aromatic rings. The summed E-state index contributed by atoms with van der Waals surface area (Å²) in [6.45, 7) is 7.34. The summed E-state index contributed by atoms with van der Waals surface area (Å²) in [6, 6.07) is 0.627. The molecule has 1 saturated heterocycles. The summed E-state index contributed by atoms with van der Waals surface area (Å²) in [5.41, 5.74) is 10.3. The fraction of sp³-hybridized carbons (Fsp3) is 0.667. The first-order valence-corrected chi connectivity index (χ1v) is 7.08. The number of hydrogen-bond acceptors (Lipinski definition) is 4. The van der Waals surface area contributed by atoms with Gasteiger partial charge in [-0.15, -0.1) is 0 Å². The van der Waals surface area contributed by atoms with Crippen molar-refractivity contribution in [3.8, 4) is 0 Å². The Bertz CT molecular complexity index is 444. The lowest BCUT2D eigenvalue weighted by atomic mass is 10.0. The first-order valence-electron chi connectivity index (χ1n) is 7.08. The minimum absolute atomic E-state index is 0.627. The molecule has 0 aromatic carbocycles. The molecule has 2 N–H and O–H groups in total. The fourth-order valence-corrected chi connectivity index (χ4v) is 2.82. The van der Waals surface area contributed by atoms with Crippen molar-refractivity contribution < 1.29 is 0 Å². The predicted molar refractivity (Wildman–Crippen MR) is 80.1 cm³/mol. The Morgan fingerprint density at radius 3 is 2.89 bits per heavy atom. The van der Waals surface area contributed by atoms with Gasteiger partial charge in [0.25, 0.3) is 0 Å². The Morgan fingerprint density at radius 1 is 1.47 bits per heavy atom. The Kier molecular flexibility index (Phi) is 4.42. The van der Waals surface area contributed by atoms with Crippen LogP contribution < -0.4 is 5.73 Å². The lowest BCUT2D eigenvalue weighted by molar-refractivity contribution is 0.128. The molecule has 0 spiro atoms. The number of pyridine rings is 1. The van der Waals surface area contributed by atoms with Crippen molar-refractivity contribution in [1.82, 2.24) is 14.8 Å². The van der Waals surface area contributed by atoms with Crippen LogP contribution in [0.1, 0.15) is 29.7 Å². The van der Waals surface area contributed by atoms with Crippen LogP contribution in [0.25, 0.3) is 0 Å². The number of rotatable bonds is 3. The second-order valence-corrected chi connectivity index (χ2v) is 5.90. The van der Waals surface area contributed by atoms with Crippen LogP contribution in [0.2, 0.25) is 0 Å². The molecular weight excluding hydrogens is 236 g/mol. The summed E-state index contributed by atoms with van der Waals surface area (Å²) in [4.78, 5) is 9.38. The Balaban J connectivity index is 2.06. The van der Waals surface area contributed by atoms with Crippen molar-refractivity contribution in [2.24, 2.45) is 0 Å². The highest BCUT2D eigenvalue weighted by Crippen LogP contribution is 2.21. The number of piperidine rings is 1. The third-order valence-electron chi connectivity index (χ3n) is 4.30. The highest BCUT2D eigenvalue weighted by atomic mass is 15.2. The van der Waals surface area contributed by atoms with E-state index in [0.717, 1.165) is 35.6 Å². The van der Waals surface area contributed by atoms with Crippen molar-refractivity contribution in [3.05, 3.63) is 23.0 Å². The fourth-order valence-electron chi connectivity index (χ4n) is 2.82. The van der Waals surface area contributed by atoms with Crippen molar-refractivity contribution in [3.63, 3.8) is 0 Å². The van der Waals surface area contributed by atoms with Crippen molar-refractivity contribution in [2.75, 3.05) is 32.9 Å². The van der Waals surface area contributed by atoms with Gasteiger partial charge in [-0.1, -0.05) is 0 Å². The van der Waals surface area contributed by atoms with E-state index >= 15 is 0 Å². The number of nitrogens with zero attached hydrogens (tertiary/aromatic N) is 3. The van der Waals surface area contributed by atoms with E-state index in [2.05, 4.69) is 35.8 Å². The highest BCUT2D eigenvalue weighted by Gasteiger charge is 2.22. The van der Waals surface area contributed by atoms with Crippen molar-refractivity contribution in [1.29, 1.82) is 0 Å². The van der Waals surface area contributed by atoms with Crippen LogP contribution in [0.4, 0.5) is 5.69 Å². The molecule has 0 aliphatic carbocycles. The standard InChI is InChI=1S/C15H26N4/c1-11-8-17-14(12(2)15(11)16)10-19(4)13-6-5-7-18(3)9-13/h8,13H,5-7,9-10H2,1-4H3,(H2,16,17).